The summed E-state index contributed by atoms with van der Waals surface area (Å²) in [5.74, 6) is 2.21. The van der Waals surface area contributed by atoms with Crippen molar-refractivity contribution < 1.29 is 13.9 Å². The van der Waals surface area contributed by atoms with Gasteiger partial charge in [-0.3, -0.25) is 4.79 Å². The smallest absolute Gasteiger partial charge is 0.270 e. The van der Waals surface area contributed by atoms with Crippen LogP contribution in [0.5, 0.6) is 5.75 Å². The molecule has 0 bridgehead atoms. The van der Waals surface area contributed by atoms with E-state index in [1.54, 1.807) is 13.3 Å². The van der Waals surface area contributed by atoms with Crippen molar-refractivity contribution in [2.75, 3.05) is 13.7 Å². The first kappa shape index (κ1) is 19.4. The third kappa shape index (κ3) is 3.93. The lowest BCUT2D eigenvalue weighted by atomic mass is 10.0. The number of para-hydroxylation sites is 1. The second-order valence-electron chi connectivity index (χ2n) is 7.97. The van der Waals surface area contributed by atoms with Gasteiger partial charge in [-0.1, -0.05) is 30.3 Å². The number of carbonyl (C=O) groups excluding carboxylic acids is 1. The van der Waals surface area contributed by atoms with Crippen LogP contribution in [0.4, 0.5) is 0 Å². The van der Waals surface area contributed by atoms with Crippen molar-refractivity contribution in [3.05, 3.63) is 83.7 Å². The molecule has 1 aliphatic rings. The molecule has 158 valence electrons. The van der Waals surface area contributed by atoms with Crippen molar-refractivity contribution in [3.63, 3.8) is 0 Å². The lowest BCUT2D eigenvalue weighted by Gasteiger charge is -2.33. The summed E-state index contributed by atoms with van der Waals surface area (Å²) in [5, 5.41) is 1.04. The summed E-state index contributed by atoms with van der Waals surface area (Å²) >= 11 is 0. The molecule has 0 saturated carbocycles. The summed E-state index contributed by atoms with van der Waals surface area (Å²) < 4.78 is 11.4. The third-order valence-electron chi connectivity index (χ3n) is 5.89. The predicted molar refractivity (Wildman–Crippen MR) is 118 cm³/mol. The standard InChI is InChI=1S/C25H25N3O3/c1-30-19-9-6-7-17(13-19)14-20-16-26-24(31-20)23-11-4-5-12-28(23)25(29)22-15-18-8-2-3-10-21(18)27-22/h2-3,6-10,13,15-16,23,27H,4-5,11-12,14H2,1H3. The van der Waals surface area contributed by atoms with Gasteiger partial charge in [-0.15, -0.1) is 0 Å². The fourth-order valence-electron chi connectivity index (χ4n) is 4.32. The number of nitrogens with zero attached hydrogens (tertiary/aromatic N) is 2. The number of aromatic nitrogens is 2. The van der Waals surface area contributed by atoms with Crippen LogP contribution in [0.3, 0.4) is 0 Å². The molecule has 1 atom stereocenters. The van der Waals surface area contributed by atoms with Gasteiger partial charge in [-0.2, -0.15) is 0 Å². The van der Waals surface area contributed by atoms with Gasteiger partial charge in [-0.05, 0) is 49.1 Å². The number of hydrogen-bond acceptors (Lipinski definition) is 4. The molecule has 2 aromatic heterocycles. The summed E-state index contributed by atoms with van der Waals surface area (Å²) in [5.41, 5.74) is 2.67. The van der Waals surface area contributed by atoms with Crippen LogP contribution in [0, 0.1) is 0 Å². The van der Waals surface area contributed by atoms with Gasteiger partial charge in [0.1, 0.15) is 23.2 Å². The van der Waals surface area contributed by atoms with E-state index >= 15 is 0 Å². The van der Waals surface area contributed by atoms with Gasteiger partial charge in [-0.25, -0.2) is 4.98 Å². The van der Waals surface area contributed by atoms with E-state index in [-0.39, 0.29) is 11.9 Å². The van der Waals surface area contributed by atoms with E-state index in [9.17, 15) is 4.79 Å². The molecule has 31 heavy (non-hydrogen) atoms. The molecule has 3 heterocycles. The zero-order valence-electron chi connectivity index (χ0n) is 17.5. The van der Waals surface area contributed by atoms with Crippen LogP contribution < -0.4 is 4.74 Å². The lowest BCUT2D eigenvalue weighted by molar-refractivity contribution is 0.0565. The summed E-state index contributed by atoms with van der Waals surface area (Å²) in [6.07, 6.45) is 5.29. The molecule has 2 aromatic carbocycles. The maximum atomic E-state index is 13.3. The fraction of sp³-hybridized carbons (Fsp3) is 0.280. The van der Waals surface area contributed by atoms with Crippen molar-refractivity contribution in [1.82, 2.24) is 14.9 Å². The fourth-order valence-corrected chi connectivity index (χ4v) is 4.32. The summed E-state index contributed by atoms with van der Waals surface area (Å²) in [6, 6.07) is 17.6. The number of fused-ring (bicyclic) bond motifs is 1. The molecule has 1 fully saturated rings. The molecule has 4 aromatic rings. The van der Waals surface area contributed by atoms with Crippen LogP contribution in [0.25, 0.3) is 10.9 Å². The zero-order valence-corrected chi connectivity index (χ0v) is 17.5. The van der Waals surface area contributed by atoms with Crippen LogP contribution in [0.2, 0.25) is 0 Å². The van der Waals surface area contributed by atoms with Gasteiger partial charge >= 0.3 is 0 Å². The molecule has 0 aliphatic carbocycles. The van der Waals surface area contributed by atoms with E-state index in [0.717, 1.165) is 47.2 Å². The number of rotatable bonds is 5. The Morgan fingerprint density at radius 2 is 2.10 bits per heavy atom. The van der Waals surface area contributed by atoms with E-state index in [0.29, 0.717) is 24.6 Å². The minimum atomic E-state index is -0.147. The van der Waals surface area contributed by atoms with E-state index in [4.69, 9.17) is 9.15 Å². The first-order chi connectivity index (χ1) is 15.2. The molecule has 1 N–H and O–H groups in total. The number of methoxy groups -OCH3 is 1. The van der Waals surface area contributed by atoms with Gasteiger partial charge in [0.2, 0.25) is 5.89 Å². The number of carbonyl (C=O) groups is 1. The Hall–Kier alpha value is -3.54. The second-order valence-corrected chi connectivity index (χ2v) is 7.97. The summed E-state index contributed by atoms with van der Waals surface area (Å²) in [4.78, 5) is 23.0. The van der Waals surface area contributed by atoms with Crippen molar-refractivity contribution in [1.29, 1.82) is 0 Å². The number of H-pyrrole nitrogens is 1. The van der Waals surface area contributed by atoms with Crippen LogP contribution in [-0.2, 0) is 6.42 Å². The van der Waals surface area contributed by atoms with Gasteiger partial charge < -0.3 is 19.0 Å². The highest BCUT2D eigenvalue weighted by molar-refractivity contribution is 5.98. The molecule has 1 unspecified atom stereocenters. The number of likely N-dealkylation sites (tertiary alicyclic amines) is 1. The topological polar surface area (TPSA) is 71.4 Å². The Morgan fingerprint density at radius 1 is 1.19 bits per heavy atom. The molecular formula is C25H25N3O3. The molecule has 1 saturated heterocycles. The Bertz CT molecular complexity index is 1180. The molecule has 6 heteroatoms. The van der Waals surface area contributed by atoms with Gasteiger partial charge in [0.15, 0.2) is 0 Å². The normalized spacial score (nSPS) is 16.5. The quantitative estimate of drug-likeness (QED) is 0.491. The maximum Gasteiger partial charge on any atom is 0.270 e. The Kier molecular flexibility index (Phi) is 5.20. The number of hydrogen-bond donors (Lipinski definition) is 1. The number of benzene rings is 2. The number of oxazole rings is 1. The van der Waals surface area contributed by atoms with Crippen LogP contribution >= 0.6 is 0 Å². The SMILES string of the molecule is COc1cccc(Cc2cnc(C3CCCCN3C(=O)c3cc4ccccc4[nH]3)o2)c1. The number of piperidine rings is 1. The number of amides is 1. The van der Waals surface area contributed by atoms with Gasteiger partial charge in [0, 0.05) is 23.9 Å². The zero-order chi connectivity index (χ0) is 21.2. The molecule has 5 rings (SSSR count). The number of aromatic amines is 1. The first-order valence-corrected chi connectivity index (χ1v) is 10.7. The van der Waals surface area contributed by atoms with Crippen molar-refractivity contribution in [2.45, 2.75) is 31.7 Å². The first-order valence-electron chi connectivity index (χ1n) is 10.7. The Balaban J connectivity index is 1.37. The Labute approximate surface area is 180 Å². The lowest BCUT2D eigenvalue weighted by Crippen LogP contribution is -2.38. The molecule has 1 amide bonds. The van der Waals surface area contributed by atoms with Crippen molar-refractivity contribution in [3.8, 4) is 5.75 Å². The van der Waals surface area contributed by atoms with Crippen LogP contribution in [0.15, 0.2) is 65.2 Å². The largest absolute Gasteiger partial charge is 0.497 e. The summed E-state index contributed by atoms with van der Waals surface area (Å²) in [7, 11) is 1.66. The Morgan fingerprint density at radius 3 is 2.97 bits per heavy atom. The minimum absolute atomic E-state index is 0.00607. The highest BCUT2D eigenvalue weighted by Crippen LogP contribution is 2.32. The number of nitrogens with one attached hydrogen (secondary N) is 1. The monoisotopic (exact) mass is 415 g/mol. The highest BCUT2D eigenvalue weighted by Gasteiger charge is 2.32. The minimum Gasteiger partial charge on any atom is -0.497 e. The van der Waals surface area contributed by atoms with Gasteiger partial charge in [0.05, 0.1) is 13.3 Å². The second kappa shape index (κ2) is 8.30. The van der Waals surface area contributed by atoms with E-state index < -0.39 is 0 Å². The molecule has 0 radical (unpaired) electrons. The third-order valence-corrected chi connectivity index (χ3v) is 5.89. The molecular weight excluding hydrogens is 390 g/mol. The van der Waals surface area contributed by atoms with Crippen molar-refractivity contribution >= 4 is 16.8 Å². The molecule has 0 spiro atoms. The van der Waals surface area contributed by atoms with E-state index in [1.165, 1.54) is 0 Å². The van der Waals surface area contributed by atoms with Crippen molar-refractivity contribution in [2.24, 2.45) is 0 Å². The maximum absolute atomic E-state index is 13.3. The van der Waals surface area contributed by atoms with E-state index in [2.05, 4.69) is 9.97 Å². The molecule has 1 aliphatic heterocycles. The van der Waals surface area contributed by atoms with Crippen LogP contribution in [-0.4, -0.2) is 34.4 Å². The average molecular weight is 415 g/mol. The van der Waals surface area contributed by atoms with Crippen LogP contribution in [0.1, 0.15) is 53.0 Å². The predicted octanol–water partition coefficient (Wildman–Crippen LogP) is 5.12. The summed E-state index contributed by atoms with van der Waals surface area (Å²) in [6.45, 7) is 0.701. The highest BCUT2D eigenvalue weighted by atomic mass is 16.5. The average Bonchev–Trinajstić information content (AvgIpc) is 3.46. The van der Waals surface area contributed by atoms with Gasteiger partial charge in [0.25, 0.3) is 5.91 Å². The number of ether oxygens (including phenoxy) is 1. The van der Waals surface area contributed by atoms with E-state index in [1.807, 2.05) is 59.5 Å². The molecule has 6 nitrogen and oxygen atoms in total.